The van der Waals surface area contributed by atoms with Crippen molar-refractivity contribution < 1.29 is 4.79 Å². The molecule has 2 atom stereocenters. The molecule has 1 amide bonds. The Hall–Kier alpha value is -2.08. The summed E-state index contributed by atoms with van der Waals surface area (Å²) in [6.45, 7) is 12.4. The fraction of sp³-hybridized carbons (Fsp3) is 0.619. The van der Waals surface area contributed by atoms with Crippen LogP contribution in [0.5, 0.6) is 0 Å². The average Bonchev–Trinajstić information content (AvgIpc) is 3.04. The molecule has 2 unspecified atom stereocenters. The van der Waals surface area contributed by atoms with Crippen molar-refractivity contribution in [2.75, 3.05) is 33.2 Å². The molecule has 1 aromatic rings. The highest BCUT2D eigenvalue weighted by molar-refractivity contribution is 5.86. The summed E-state index contributed by atoms with van der Waals surface area (Å²) in [6, 6.07) is 11.0. The van der Waals surface area contributed by atoms with E-state index in [4.69, 9.17) is 0 Å². The molecule has 0 saturated carbocycles. The number of rotatable bonds is 7. The maximum absolute atomic E-state index is 12.6. The number of guanidine groups is 1. The molecule has 27 heavy (non-hydrogen) atoms. The van der Waals surface area contributed by atoms with Gasteiger partial charge in [0, 0.05) is 45.3 Å². The van der Waals surface area contributed by atoms with E-state index in [0.29, 0.717) is 37.1 Å². The van der Waals surface area contributed by atoms with E-state index in [1.54, 1.807) is 7.05 Å². The van der Waals surface area contributed by atoms with E-state index < -0.39 is 0 Å². The predicted octanol–water partition coefficient (Wildman–Crippen LogP) is 1.93. The van der Waals surface area contributed by atoms with E-state index >= 15 is 0 Å². The molecule has 0 aromatic heterocycles. The lowest BCUT2D eigenvalue weighted by Crippen LogP contribution is -2.49. The number of likely N-dealkylation sites (tertiary alicyclic amines) is 1. The molecule has 0 spiro atoms. The summed E-state index contributed by atoms with van der Waals surface area (Å²) >= 11 is 0. The van der Waals surface area contributed by atoms with Gasteiger partial charge in [0.25, 0.3) is 0 Å². The van der Waals surface area contributed by atoms with Crippen LogP contribution in [0.1, 0.15) is 33.3 Å². The lowest BCUT2D eigenvalue weighted by molar-refractivity contribution is -0.130. The minimum absolute atomic E-state index is 0.0765. The van der Waals surface area contributed by atoms with E-state index in [1.165, 1.54) is 0 Å². The van der Waals surface area contributed by atoms with Crippen LogP contribution in [0.3, 0.4) is 0 Å². The highest BCUT2D eigenvalue weighted by atomic mass is 16.2. The Bertz CT molecular complexity index is 616. The van der Waals surface area contributed by atoms with E-state index in [0.717, 1.165) is 18.7 Å². The van der Waals surface area contributed by atoms with Gasteiger partial charge in [0.1, 0.15) is 0 Å². The molecular formula is C21H35N5O. The fourth-order valence-electron chi connectivity index (χ4n) is 3.44. The monoisotopic (exact) mass is 373 g/mol. The second kappa shape index (κ2) is 10.3. The van der Waals surface area contributed by atoms with Crippen molar-refractivity contribution in [1.29, 1.82) is 0 Å². The Morgan fingerprint density at radius 2 is 2.00 bits per heavy atom. The van der Waals surface area contributed by atoms with Gasteiger partial charge in [0.2, 0.25) is 5.91 Å². The first-order valence-corrected chi connectivity index (χ1v) is 9.97. The van der Waals surface area contributed by atoms with E-state index in [-0.39, 0.29) is 12.5 Å². The molecule has 1 aliphatic heterocycles. The maximum Gasteiger partial charge on any atom is 0.242 e. The molecule has 6 nitrogen and oxygen atoms in total. The molecule has 2 rings (SSSR count). The van der Waals surface area contributed by atoms with Gasteiger partial charge in [0.05, 0.1) is 6.54 Å². The van der Waals surface area contributed by atoms with E-state index in [1.807, 2.05) is 42.2 Å². The smallest absolute Gasteiger partial charge is 0.242 e. The Kier molecular flexibility index (Phi) is 8.10. The van der Waals surface area contributed by atoms with E-state index in [2.05, 4.69) is 41.3 Å². The number of benzene rings is 1. The van der Waals surface area contributed by atoms with Gasteiger partial charge < -0.3 is 15.5 Å². The number of amides is 1. The first-order valence-electron chi connectivity index (χ1n) is 9.97. The number of nitrogens with zero attached hydrogens (tertiary/aromatic N) is 3. The van der Waals surface area contributed by atoms with Gasteiger partial charge in [-0.2, -0.15) is 0 Å². The third kappa shape index (κ3) is 6.24. The first-order chi connectivity index (χ1) is 12.9. The molecular weight excluding hydrogens is 338 g/mol. The quantitative estimate of drug-likeness (QED) is 0.566. The van der Waals surface area contributed by atoms with Gasteiger partial charge in [0.15, 0.2) is 5.96 Å². The zero-order valence-electron chi connectivity index (χ0n) is 17.4. The van der Waals surface area contributed by atoms with Crippen LogP contribution in [0.2, 0.25) is 0 Å². The molecule has 1 heterocycles. The summed E-state index contributed by atoms with van der Waals surface area (Å²) in [5.41, 5.74) is 1.14. The Morgan fingerprint density at radius 3 is 2.56 bits per heavy atom. The fourth-order valence-corrected chi connectivity index (χ4v) is 3.44. The van der Waals surface area contributed by atoms with Crippen molar-refractivity contribution in [1.82, 2.24) is 20.4 Å². The van der Waals surface area contributed by atoms with Crippen LogP contribution < -0.4 is 10.6 Å². The minimum Gasteiger partial charge on any atom is -0.352 e. The number of likely N-dealkylation sites (N-methyl/N-ethyl adjacent to an activating group) is 1. The van der Waals surface area contributed by atoms with Crippen LogP contribution in [0.25, 0.3) is 0 Å². The molecule has 1 aliphatic rings. The van der Waals surface area contributed by atoms with E-state index in [9.17, 15) is 4.79 Å². The molecule has 6 heteroatoms. The second-order valence-electron chi connectivity index (χ2n) is 7.60. The highest BCUT2D eigenvalue weighted by Gasteiger charge is 2.31. The zero-order chi connectivity index (χ0) is 19.8. The molecule has 1 aromatic carbocycles. The van der Waals surface area contributed by atoms with Gasteiger partial charge in [-0.15, -0.1) is 0 Å². The standard InChI is InChI=1S/C21H35N5O/c1-6-25(14-18-10-8-7-9-11-18)20(27)12-23-21(22-5)24-19-15-26(16(2)3)13-17(19)4/h7-11,16-17,19H,6,12-15H2,1-5H3,(H2,22,23,24). The normalized spacial score (nSPS) is 20.7. The Balaban J connectivity index is 1.84. The number of aliphatic imine (C=N–C) groups is 1. The number of hydrogen-bond acceptors (Lipinski definition) is 3. The summed E-state index contributed by atoms with van der Waals surface area (Å²) in [4.78, 5) is 21.2. The van der Waals surface area contributed by atoms with Crippen LogP contribution in [0.15, 0.2) is 35.3 Å². The topological polar surface area (TPSA) is 60.0 Å². The summed E-state index contributed by atoms with van der Waals surface area (Å²) in [7, 11) is 1.75. The van der Waals surface area contributed by atoms with Crippen molar-refractivity contribution >= 4 is 11.9 Å². The number of hydrogen-bond donors (Lipinski definition) is 2. The number of carbonyl (C=O) groups is 1. The first kappa shape index (κ1) is 21.2. The Morgan fingerprint density at radius 1 is 1.30 bits per heavy atom. The average molecular weight is 374 g/mol. The van der Waals surface area contributed by atoms with Gasteiger partial charge in [-0.1, -0.05) is 37.3 Å². The van der Waals surface area contributed by atoms with Crippen molar-refractivity contribution in [3.05, 3.63) is 35.9 Å². The van der Waals surface area contributed by atoms with Crippen molar-refractivity contribution in [2.45, 2.75) is 46.3 Å². The third-order valence-electron chi connectivity index (χ3n) is 5.27. The number of nitrogens with one attached hydrogen (secondary N) is 2. The molecule has 0 aliphatic carbocycles. The second-order valence-corrected chi connectivity index (χ2v) is 7.60. The van der Waals surface area contributed by atoms with Crippen LogP contribution in [-0.2, 0) is 11.3 Å². The molecule has 1 saturated heterocycles. The van der Waals surface area contributed by atoms with Gasteiger partial charge in [-0.25, -0.2) is 0 Å². The van der Waals surface area contributed by atoms with Crippen LogP contribution in [-0.4, -0.2) is 67.0 Å². The summed E-state index contributed by atoms with van der Waals surface area (Å²) in [5, 5.41) is 6.68. The molecule has 1 fully saturated rings. The van der Waals surface area contributed by atoms with Crippen LogP contribution in [0, 0.1) is 5.92 Å². The summed E-state index contributed by atoms with van der Waals surface area (Å²) < 4.78 is 0. The third-order valence-corrected chi connectivity index (χ3v) is 5.27. The highest BCUT2D eigenvalue weighted by Crippen LogP contribution is 2.18. The van der Waals surface area contributed by atoms with Crippen molar-refractivity contribution in [3.63, 3.8) is 0 Å². The number of carbonyl (C=O) groups excluding carboxylic acids is 1. The SMILES string of the molecule is CCN(Cc1ccccc1)C(=O)CNC(=NC)NC1CN(C(C)C)CC1C. The predicted molar refractivity (Wildman–Crippen MR) is 112 cm³/mol. The molecule has 0 bridgehead atoms. The molecule has 0 radical (unpaired) electrons. The Labute approximate surface area is 164 Å². The van der Waals surface area contributed by atoms with Gasteiger partial charge >= 0.3 is 0 Å². The van der Waals surface area contributed by atoms with Crippen LogP contribution >= 0.6 is 0 Å². The molecule has 2 N–H and O–H groups in total. The van der Waals surface area contributed by atoms with Crippen molar-refractivity contribution in [2.24, 2.45) is 10.9 Å². The largest absolute Gasteiger partial charge is 0.352 e. The minimum atomic E-state index is 0.0765. The summed E-state index contributed by atoms with van der Waals surface area (Å²) in [6.07, 6.45) is 0. The van der Waals surface area contributed by atoms with Gasteiger partial charge in [-0.05, 0) is 32.3 Å². The lowest BCUT2D eigenvalue weighted by atomic mass is 10.1. The zero-order valence-corrected chi connectivity index (χ0v) is 17.4. The van der Waals surface area contributed by atoms with Gasteiger partial charge in [-0.3, -0.25) is 14.7 Å². The van der Waals surface area contributed by atoms with Crippen molar-refractivity contribution in [3.8, 4) is 0 Å². The molecule has 150 valence electrons. The lowest BCUT2D eigenvalue weighted by Gasteiger charge is -2.24. The maximum atomic E-state index is 12.6. The van der Waals surface area contributed by atoms with Crippen LogP contribution in [0.4, 0.5) is 0 Å². The summed E-state index contributed by atoms with van der Waals surface area (Å²) in [5.74, 6) is 1.32.